The maximum absolute atomic E-state index is 11.9. The Labute approximate surface area is 117 Å². The molecule has 1 unspecified atom stereocenters. The summed E-state index contributed by atoms with van der Waals surface area (Å²) in [5, 5.41) is 6.04. The summed E-state index contributed by atoms with van der Waals surface area (Å²) in [6.07, 6.45) is 1.76. The minimum atomic E-state index is -0.132. The Kier molecular flexibility index (Phi) is 5.25. The van der Waals surface area contributed by atoms with Gasteiger partial charge >= 0.3 is 6.03 Å². The highest BCUT2D eigenvalue weighted by atomic mass is 16.5. The van der Waals surface area contributed by atoms with Gasteiger partial charge in [-0.3, -0.25) is 0 Å². The van der Waals surface area contributed by atoms with Gasteiger partial charge in [0.15, 0.2) is 0 Å². The zero-order valence-corrected chi connectivity index (χ0v) is 13.3. The van der Waals surface area contributed by atoms with E-state index in [4.69, 9.17) is 4.74 Å². The van der Waals surface area contributed by atoms with E-state index in [2.05, 4.69) is 52.2 Å². The molecule has 1 aliphatic rings. The molecule has 112 valence electrons. The Morgan fingerprint density at radius 3 is 2.58 bits per heavy atom. The fourth-order valence-corrected chi connectivity index (χ4v) is 2.10. The number of amides is 2. The zero-order valence-electron chi connectivity index (χ0n) is 13.3. The maximum atomic E-state index is 11.9. The molecule has 0 saturated carbocycles. The molecule has 0 aliphatic carbocycles. The van der Waals surface area contributed by atoms with Crippen LogP contribution in [0.4, 0.5) is 4.79 Å². The van der Waals surface area contributed by atoms with Gasteiger partial charge in [0.2, 0.25) is 0 Å². The molecule has 0 aromatic rings. The van der Waals surface area contributed by atoms with Crippen LogP contribution >= 0.6 is 0 Å². The largest absolute Gasteiger partial charge is 0.375 e. The molecule has 0 radical (unpaired) electrons. The van der Waals surface area contributed by atoms with Gasteiger partial charge in [0.1, 0.15) is 0 Å². The molecular formula is C15H30N2O2. The van der Waals surface area contributed by atoms with Crippen molar-refractivity contribution in [3.8, 4) is 0 Å². The van der Waals surface area contributed by atoms with Crippen LogP contribution in [-0.4, -0.2) is 30.8 Å². The van der Waals surface area contributed by atoms with E-state index in [1.165, 1.54) is 0 Å². The quantitative estimate of drug-likeness (QED) is 0.825. The Hall–Kier alpha value is -0.770. The van der Waals surface area contributed by atoms with Gasteiger partial charge in [0, 0.05) is 19.2 Å². The molecule has 1 atom stereocenters. The Bertz CT molecular complexity index is 311. The molecule has 1 heterocycles. The van der Waals surface area contributed by atoms with Crippen LogP contribution in [0.3, 0.4) is 0 Å². The number of ether oxygens (including phenoxy) is 1. The smallest absolute Gasteiger partial charge is 0.315 e. The van der Waals surface area contributed by atoms with E-state index in [9.17, 15) is 4.79 Å². The van der Waals surface area contributed by atoms with Gasteiger partial charge in [-0.05, 0) is 38.0 Å². The number of hydrogen-bond donors (Lipinski definition) is 2. The number of carbonyl (C=O) groups excluding carboxylic acids is 1. The summed E-state index contributed by atoms with van der Waals surface area (Å²) >= 11 is 0. The summed E-state index contributed by atoms with van der Waals surface area (Å²) < 4.78 is 5.65. The minimum Gasteiger partial charge on any atom is -0.375 e. The second kappa shape index (κ2) is 6.12. The normalized spacial score (nSPS) is 23.2. The summed E-state index contributed by atoms with van der Waals surface area (Å²) in [7, 11) is 0. The molecule has 4 heteroatoms. The van der Waals surface area contributed by atoms with Crippen LogP contribution in [0.15, 0.2) is 0 Å². The number of urea groups is 1. The van der Waals surface area contributed by atoms with Crippen molar-refractivity contribution in [2.75, 3.05) is 13.2 Å². The van der Waals surface area contributed by atoms with Crippen molar-refractivity contribution in [3.63, 3.8) is 0 Å². The standard InChI is InChI=1S/C15H30N2O2/c1-11(2)14(3,4)10-16-13(18)17-12-7-8-19-15(5,6)9-12/h11-12H,7-10H2,1-6H3,(H2,16,17,18). The highest BCUT2D eigenvalue weighted by Gasteiger charge is 2.30. The number of nitrogens with one attached hydrogen (secondary N) is 2. The first-order chi connectivity index (χ1) is 8.62. The van der Waals surface area contributed by atoms with Gasteiger partial charge in [-0.25, -0.2) is 4.79 Å². The maximum Gasteiger partial charge on any atom is 0.315 e. The number of carbonyl (C=O) groups is 1. The molecule has 1 saturated heterocycles. The summed E-state index contributed by atoms with van der Waals surface area (Å²) in [4.78, 5) is 11.9. The Morgan fingerprint density at radius 1 is 1.42 bits per heavy atom. The van der Waals surface area contributed by atoms with Crippen LogP contribution in [0.2, 0.25) is 0 Å². The van der Waals surface area contributed by atoms with Crippen molar-refractivity contribution < 1.29 is 9.53 Å². The highest BCUT2D eigenvalue weighted by molar-refractivity contribution is 5.74. The lowest BCUT2D eigenvalue weighted by Crippen LogP contribution is -2.50. The first kappa shape index (κ1) is 16.3. The molecule has 2 N–H and O–H groups in total. The molecule has 0 aromatic heterocycles. The average molecular weight is 270 g/mol. The summed E-state index contributed by atoms with van der Waals surface area (Å²) in [6.45, 7) is 14.3. The van der Waals surface area contributed by atoms with Crippen molar-refractivity contribution in [1.82, 2.24) is 10.6 Å². The molecule has 0 spiro atoms. The van der Waals surface area contributed by atoms with Crippen molar-refractivity contribution >= 4 is 6.03 Å². The fraction of sp³-hybridized carbons (Fsp3) is 0.933. The van der Waals surface area contributed by atoms with Crippen LogP contribution in [0.5, 0.6) is 0 Å². The molecule has 0 aromatic carbocycles. The molecule has 1 fully saturated rings. The molecular weight excluding hydrogens is 240 g/mol. The van der Waals surface area contributed by atoms with Crippen molar-refractivity contribution in [3.05, 3.63) is 0 Å². The molecule has 0 bridgehead atoms. The van der Waals surface area contributed by atoms with E-state index in [0.717, 1.165) is 19.4 Å². The molecule has 2 amide bonds. The lowest BCUT2D eigenvalue weighted by atomic mass is 9.81. The first-order valence-electron chi connectivity index (χ1n) is 7.31. The molecule has 4 nitrogen and oxygen atoms in total. The monoisotopic (exact) mass is 270 g/mol. The van der Waals surface area contributed by atoms with E-state index in [-0.39, 0.29) is 23.1 Å². The highest BCUT2D eigenvalue weighted by Crippen LogP contribution is 2.25. The third-order valence-corrected chi connectivity index (χ3v) is 4.30. The zero-order chi connectivity index (χ0) is 14.7. The van der Waals surface area contributed by atoms with Gasteiger partial charge in [0.05, 0.1) is 5.60 Å². The Balaban J connectivity index is 2.35. The summed E-state index contributed by atoms with van der Waals surface area (Å²) in [6, 6.07) is 0.155. The van der Waals surface area contributed by atoms with E-state index >= 15 is 0 Å². The number of rotatable bonds is 4. The van der Waals surface area contributed by atoms with E-state index in [1.807, 2.05) is 0 Å². The van der Waals surface area contributed by atoms with E-state index < -0.39 is 0 Å². The van der Waals surface area contributed by atoms with Crippen LogP contribution in [0.1, 0.15) is 54.4 Å². The van der Waals surface area contributed by atoms with Crippen LogP contribution in [0, 0.1) is 11.3 Å². The predicted molar refractivity (Wildman–Crippen MR) is 78.2 cm³/mol. The third-order valence-electron chi connectivity index (χ3n) is 4.30. The van der Waals surface area contributed by atoms with Gasteiger partial charge in [-0.2, -0.15) is 0 Å². The van der Waals surface area contributed by atoms with Crippen LogP contribution in [-0.2, 0) is 4.74 Å². The second-order valence-electron chi connectivity index (χ2n) is 7.27. The minimum absolute atomic E-state index is 0.0589. The first-order valence-corrected chi connectivity index (χ1v) is 7.31. The van der Waals surface area contributed by atoms with Crippen LogP contribution < -0.4 is 10.6 Å². The molecule has 1 aliphatic heterocycles. The van der Waals surface area contributed by atoms with E-state index in [1.54, 1.807) is 0 Å². The van der Waals surface area contributed by atoms with Gasteiger partial charge < -0.3 is 15.4 Å². The summed E-state index contributed by atoms with van der Waals surface area (Å²) in [5.41, 5.74) is -0.0142. The molecule has 19 heavy (non-hydrogen) atoms. The number of hydrogen-bond acceptors (Lipinski definition) is 2. The van der Waals surface area contributed by atoms with Gasteiger partial charge in [-0.15, -0.1) is 0 Å². The molecule has 1 rings (SSSR count). The fourth-order valence-electron chi connectivity index (χ4n) is 2.10. The third kappa shape index (κ3) is 5.39. The Morgan fingerprint density at radius 2 is 2.05 bits per heavy atom. The van der Waals surface area contributed by atoms with Gasteiger partial charge in [-0.1, -0.05) is 27.7 Å². The average Bonchev–Trinajstić information content (AvgIpc) is 2.25. The van der Waals surface area contributed by atoms with Crippen LogP contribution in [0.25, 0.3) is 0 Å². The van der Waals surface area contributed by atoms with E-state index in [0.29, 0.717) is 12.5 Å². The predicted octanol–water partition coefficient (Wildman–Crippen LogP) is 2.93. The lowest BCUT2D eigenvalue weighted by molar-refractivity contribution is -0.0611. The van der Waals surface area contributed by atoms with Crippen molar-refractivity contribution in [1.29, 1.82) is 0 Å². The summed E-state index contributed by atoms with van der Waals surface area (Å²) in [5.74, 6) is 0.537. The van der Waals surface area contributed by atoms with Crippen molar-refractivity contribution in [2.45, 2.75) is 66.0 Å². The lowest BCUT2D eigenvalue weighted by Gasteiger charge is -2.36. The topological polar surface area (TPSA) is 50.4 Å². The SMILES string of the molecule is CC(C)C(C)(C)CNC(=O)NC1CCOC(C)(C)C1. The van der Waals surface area contributed by atoms with Crippen molar-refractivity contribution in [2.24, 2.45) is 11.3 Å². The second-order valence-corrected chi connectivity index (χ2v) is 7.27. The van der Waals surface area contributed by atoms with Gasteiger partial charge in [0.25, 0.3) is 0 Å².